The summed E-state index contributed by atoms with van der Waals surface area (Å²) in [5.41, 5.74) is 3.54. The van der Waals surface area contributed by atoms with Gasteiger partial charge in [-0.2, -0.15) is 0 Å². The van der Waals surface area contributed by atoms with E-state index in [1.807, 2.05) is 60.7 Å². The summed E-state index contributed by atoms with van der Waals surface area (Å²) in [6.07, 6.45) is 0.936. The molecule has 1 heterocycles. The molecule has 0 fully saturated rings. The molecule has 0 saturated carbocycles. The van der Waals surface area contributed by atoms with Crippen LogP contribution in [0.1, 0.15) is 17.7 Å². The molecule has 34 heavy (non-hydrogen) atoms. The molecule has 0 aliphatic heterocycles. The highest BCUT2D eigenvalue weighted by Gasteiger charge is 2.18. The summed E-state index contributed by atoms with van der Waals surface area (Å²) in [6, 6.07) is 23.1. The summed E-state index contributed by atoms with van der Waals surface area (Å²) >= 11 is 0. The van der Waals surface area contributed by atoms with E-state index in [0.717, 1.165) is 33.5 Å². The van der Waals surface area contributed by atoms with Gasteiger partial charge in [0.2, 0.25) is 5.91 Å². The summed E-state index contributed by atoms with van der Waals surface area (Å²) in [6.45, 7) is 0.236. The van der Waals surface area contributed by atoms with Gasteiger partial charge in [0, 0.05) is 35.5 Å². The van der Waals surface area contributed by atoms with Gasteiger partial charge in [-0.1, -0.05) is 42.5 Å². The molecule has 0 saturated heterocycles. The summed E-state index contributed by atoms with van der Waals surface area (Å²) in [5, 5.41) is 4.42. The van der Waals surface area contributed by atoms with Gasteiger partial charge in [-0.3, -0.25) is 9.59 Å². The molecule has 6 heteroatoms. The molecular formula is C28H28N2O4. The van der Waals surface area contributed by atoms with Crippen LogP contribution in [0.15, 0.2) is 77.6 Å². The highest BCUT2D eigenvalue weighted by molar-refractivity contribution is 5.98. The number of hydrogen-bond donors (Lipinski definition) is 1. The van der Waals surface area contributed by atoms with Crippen LogP contribution in [0.3, 0.4) is 0 Å². The van der Waals surface area contributed by atoms with Crippen LogP contribution in [0.2, 0.25) is 0 Å². The number of nitrogens with zero attached hydrogens (tertiary/aromatic N) is 1. The minimum Gasteiger partial charge on any atom is -0.497 e. The van der Waals surface area contributed by atoms with E-state index < -0.39 is 0 Å². The normalized spacial score (nSPS) is 10.8. The molecule has 6 nitrogen and oxygen atoms in total. The SMILES string of the molecule is COc1cccc(CCC(=O)NCc2c(-c3ccccc3)c3cc(OC)ccc3c(=O)n2C)c1. The Bertz CT molecular complexity index is 1380. The van der Waals surface area contributed by atoms with Crippen molar-refractivity contribution in [1.29, 1.82) is 0 Å². The van der Waals surface area contributed by atoms with Crippen molar-refractivity contribution in [3.05, 3.63) is 94.4 Å². The molecule has 0 atom stereocenters. The van der Waals surface area contributed by atoms with Crippen LogP contribution in [-0.2, 0) is 24.8 Å². The summed E-state index contributed by atoms with van der Waals surface area (Å²) in [4.78, 5) is 25.8. The maximum atomic E-state index is 13.1. The molecule has 1 amide bonds. The lowest BCUT2D eigenvalue weighted by Crippen LogP contribution is -2.29. The smallest absolute Gasteiger partial charge is 0.258 e. The standard InChI is InChI=1S/C28H28N2O4/c1-30-25(18-29-26(31)15-12-19-8-7-11-21(16-19)33-2)27(20-9-5-4-6-10-20)24-17-22(34-3)13-14-23(24)28(30)32/h4-11,13-14,16-17H,12,15,18H2,1-3H3,(H,29,31). The number of aryl methyl sites for hydroxylation is 1. The van der Waals surface area contributed by atoms with Gasteiger partial charge >= 0.3 is 0 Å². The number of hydrogen-bond acceptors (Lipinski definition) is 4. The van der Waals surface area contributed by atoms with Crippen LogP contribution < -0.4 is 20.3 Å². The van der Waals surface area contributed by atoms with E-state index in [-0.39, 0.29) is 18.0 Å². The van der Waals surface area contributed by atoms with Crippen LogP contribution in [0.5, 0.6) is 11.5 Å². The van der Waals surface area contributed by atoms with Gasteiger partial charge in [-0.15, -0.1) is 0 Å². The lowest BCUT2D eigenvalue weighted by Gasteiger charge is -2.19. The van der Waals surface area contributed by atoms with Gasteiger partial charge in [0.25, 0.3) is 5.56 Å². The fraction of sp³-hybridized carbons (Fsp3) is 0.214. The zero-order valence-electron chi connectivity index (χ0n) is 19.6. The molecule has 1 N–H and O–H groups in total. The number of pyridine rings is 1. The Morgan fingerprint density at radius 1 is 0.882 bits per heavy atom. The lowest BCUT2D eigenvalue weighted by molar-refractivity contribution is -0.121. The third-order valence-electron chi connectivity index (χ3n) is 6.01. The quantitative estimate of drug-likeness (QED) is 0.425. The molecule has 4 rings (SSSR count). The molecule has 0 unspecified atom stereocenters. The highest BCUT2D eigenvalue weighted by atomic mass is 16.5. The number of methoxy groups -OCH3 is 2. The average molecular weight is 457 g/mol. The van der Waals surface area contributed by atoms with Crippen molar-refractivity contribution < 1.29 is 14.3 Å². The molecule has 0 spiro atoms. The molecule has 174 valence electrons. The maximum absolute atomic E-state index is 13.1. The van der Waals surface area contributed by atoms with Crippen LogP contribution in [0.25, 0.3) is 21.9 Å². The number of rotatable bonds is 8. The number of amides is 1. The zero-order chi connectivity index (χ0) is 24.1. The first-order valence-corrected chi connectivity index (χ1v) is 11.2. The minimum atomic E-state index is -0.113. The first-order chi connectivity index (χ1) is 16.5. The predicted molar refractivity (Wildman–Crippen MR) is 134 cm³/mol. The first-order valence-electron chi connectivity index (χ1n) is 11.2. The monoisotopic (exact) mass is 456 g/mol. The van der Waals surface area contributed by atoms with Crippen LogP contribution in [-0.4, -0.2) is 24.7 Å². The van der Waals surface area contributed by atoms with Crippen molar-refractivity contribution in [2.24, 2.45) is 7.05 Å². The summed E-state index contributed by atoms with van der Waals surface area (Å²) in [5.74, 6) is 1.36. The third-order valence-corrected chi connectivity index (χ3v) is 6.01. The van der Waals surface area contributed by atoms with E-state index in [9.17, 15) is 9.59 Å². The summed E-state index contributed by atoms with van der Waals surface area (Å²) < 4.78 is 12.3. The van der Waals surface area contributed by atoms with Gasteiger partial charge in [-0.25, -0.2) is 0 Å². The fourth-order valence-corrected chi connectivity index (χ4v) is 4.16. The van der Waals surface area contributed by atoms with Crippen molar-refractivity contribution in [2.75, 3.05) is 14.2 Å². The number of fused-ring (bicyclic) bond motifs is 1. The van der Waals surface area contributed by atoms with Gasteiger partial charge in [-0.05, 0) is 47.9 Å². The average Bonchev–Trinajstić information content (AvgIpc) is 2.88. The zero-order valence-corrected chi connectivity index (χ0v) is 19.6. The summed E-state index contributed by atoms with van der Waals surface area (Å²) in [7, 11) is 4.98. The van der Waals surface area contributed by atoms with E-state index >= 15 is 0 Å². The van der Waals surface area contributed by atoms with Crippen molar-refractivity contribution in [3.63, 3.8) is 0 Å². The van der Waals surface area contributed by atoms with Crippen molar-refractivity contribution >= 4 is 16.7 Å². The Balaban J connectivity index is 1.65. The number of ether oxygens (including phenoxy) is 2. The fourth-order valence-electron chi connectivity index (χ4n) is 4.16. The second-order valence-electron chi connectivity index (χ2n) is 8.09. The topological polar surface area (TPSA) is 69.6 Å². The molecule has 1 aromatic heterocycles. The molecule has 0 aliphatic rings. The van der Waals surface area contributed by atoms with E-state index in [1.165, 1.54) is 0 Å². The predicted octanol–water partition coefficient (Wildman–Crippen LogP) is 4.47. The number of carbonyl (C=O) groups is 1. The van der Waals surface area contributed by atoms with E-state index in [0.29, 0.717) is 24.0 Å². The molecule has 0 radical (unpaired) electrons. The number of aromatic nitrogens is 1. The highest BCUT2D eigenvalue weighted by Crippen LogP contribution is 2.32. The Morgan fingerprint density at radius 3 is 2.35 bits per heavy atom. The van der Waals surface area contributed by atoms with E-state index in [1.54, 1.807) is 38.0 Å². The number of nitrogens with one attached hydrogen (secondary N) is 1. The minimum absolute atomic E-state index is 0.0833. The Morgan fingerprint density at radius 2 is 1.62 bits per heavy atom. The van der Waals surface area contributed by atoms with Crippen LogP contribution in [0, 0.1) is 0 Å². The molecular weight excluding hydrogens is 428 g/mol. The number of benzene rings is 3. The van der Waals surface area contributed by atoms with E-state index in [2.05, 4.69) is 5.32 Å². The maximum Gasteiger partial charge on any atom is 0.258 e. The molecule has 0 aliphatic carbocycles. The Labute approximate surface area is 198 Å². The Hall–Kier alpha value is -4.06. The largest absolute Gasteiger partial charge is 0.497 e. The van der Waals surface area contributed by atoms with Crippen LogP contribution in [0.4, 0.5) is 0 Å². The number of carbonyl (C=O) groups excluding carboxylic acids is 1. The second-order valence-corrected chi connectivity index (χ2v) is 8.09. The van der Waals surface area contributed by atoms with Gasteiger partial charge in [0.05, 0.1) is 20.8 Å². The molecule has 0 bridgehead atoms. The lowest BCUT2D eigenvalue weighted by atomic mass is 9.96. The van der Waals surface area contributed by atoms with Gasteiger partial charge < -0.3 is 19.4 Å². The van der Waals surface area contributed by atoms with Gasteiger partial charge in [0.1, 0.15) is 11.5 Å². The van der Waals surface area contributed by atoms with Crippen LogP contribution >= 0.6 is 0 Å². The Kier molecular flexibility index (Phi) is 6.97. The first kappa shape index (κ1) is 23.1. The third kappa shape index (κ3) is 4.81. The molecule has 4 aromatic rings. The van der Waals surface area contributed by atoms with Crippen molar-refractivity contribution in [1.82, 2.24) is 9.88 Å². The van der Waals surface area contributed by atoms with Crippen molar-refractivity contribution in [2.45, 2.75) is 19.4 Å². The molecule has 3 aromatic carbocycles. The second kappa shape index (κ2) is 10.3. The van der Waals surface area contributed by atoms with Gasteiger partial charge in [0.15, 0.2) is 0 Å². The van der Waals surface area contributed by atoms with Crippen molar-refractivity contribution in [3.8, 4) is 22.6 Å². The van der Waals surface area contributed by atoms with E-state index in [4.69, 9.17) is 9.47 Å².